The highest BCUT2D eigenvalue weighted by Gasteiger charge is 2.73. The second-order valence-electron chi connectivity index (χ2n) is 19.0. The largest absolute Gasteiger partial charge is 0.536 e. The molecule has 12 atom stereocenters. The maximum atomic E-state index is 14.6. The zero-order chi connectivity index (χ0) is 43.0. The lowest BCUT2D eigenvalue weighted by atomic mass is 9.74. The van der Waals surface area contributed by atoms with Crippen LogP contribution >= 0.6 is 0 Å². The summed E-state index contributed by atoms with van der Waals surface area (Å²) in [7, 11) is 0. The lowest BCUT2D eigenvalue weighted by Crippen LogP contribution is -2.61. The van der Waals surface area contributed by atoms with E-state index in [9.17, 15) is 29.4 Å². The summed E-state index contributed by atoms with van der Waals surface area (Å²) in [6.45, 7) is 11.1. The van der Waals surface area contributed by atoms with Crippen molar-refractivity contribution in [1.82, 2.24) is 0 Å². The highest BCUT2D eigenvalue weighted by Crippen LogP contribution is 2.57. The quantitative estimate of drug-likeness (QED) is 0.185. The number of rotatable bonds is 2. The molecule has 0 aromatic rings. The van der Waals surface area contributed by atoms with E-state index in [-0.39, 0.29) is 24.4 Å². The smallest absolute Gasteiger partial charge is 0.504 e. The van der Waals surface area contributed by atoms with Crippen molar-refractivity contribution in [2.45, 2.75) is 206 Å². The molecule has 0 aromatic carbocycles. The van der Waals surface area contributed by atoms with Gasteiger partial charge in [-0.25, -0.2) is 9.59 Å². The number of carbonyl (C=O) groups is 4. The molecule has 0 aromatic heterocycles. The maximum Gasteiger partial charge on any atom is 0.536 e. The Bertz CT molecular complexity index is 1490. The second kappa shape index (κ2) is 18.1. The third-order valence-electron chi connectivity index (χ3n) is 14.0. The molecule has 7 bridgehead atoms. The van der Waals surface area contributed by atoms with Gasteiger partial charge in [-0.15, -0.1) is 0 Å². The lowest BCUT2D eigenvalue weighted by molar-refractivity contribution is -0.302. The summed E-state index contributed by atoms with van der Waals surface area (Å²) in [5.74, 6) is -6.89. The highest BCUT2D eigenvalue weighted by molar-refractivity contribution is 6.56. The molecule has 4 fully saturated rings. The van der Waals surface area contributed by atoms with Crippen LogP contribution in [0.15, 0.2) is 24.3 Å². The van der Waals surface area contributed by atoms with Crippen molar-refractivity contribution in [1.29, 1.82) is 0 Å². The molecular formula is C44H68BO14-. The average Bonchev–Trinajstić information content (AvgIpc) is 3.68. The van der Waals surface area contributed by atoms with Crippen LogP contribution in [-0.2, 0) is 56.7 Å². The Hall–Kier alpha value is -2.50. The van der Waals surface area contributed by atoms with E-state index in [4.69, 9.17) is 37.6 Å². The normalized spacial score (nSPS) is 44.8. The monoisotopic (exact) mass is 831 g/mol. The van der Waals surface area contributed by atoms with Crippen LogP contribution < -0.4 is 0 Å². The van der Waals surface area contributed by atoms with Crippen LogP contribution in [0, 0.1) is 22.7 Å². The molecule has 2 N–H and O–H groups in total. The van der Waals surface area contributed by atoms with Gasteiger partial charge >= 0.3 is 18.9 Å². The number of aliphatic hydroxyl groups is 2. The topological polar surface area (TPSA) is 183 Å². The fourth-order valence-electron chi connectivity index (χ4n) is 9.52. The van der Waals surface area contributed by atoms with E-state index in [0.717, 1.165) is 0 Å². The molecule has 15 heteroatoms. The number of fused-ring (bicyclic) bond motifs is 4. The summed E-state index contributed by atoms with van der Waals surface area (Å²) in [5, 5.41) is 21.9. The van der Waals surface area contributed by atoms with Crippen molar-refractivity contribution in [2.75, 3.05) is 0 Å². The van der Waals surface area contributed by atoms with E-state index >= 15 is 0 Å². The molecule has 59 heavy (non-hydrogen) atoms. The summed E-state index contributed by atoms with van der Waals surface area (Å²) in [5.41, 5.74) is -2.26. The van der Waals surface area contributed by atoms with Gasteiger partial charge in [-0.3, -0.25) is 9.59 Å². The number of ketones is 2. The van der Waals surface area contributed by atoms with Crippen molar-refractivity contribution < 1.29 is 67.0 Å². The summed E-state index contributed by atoms with van der Waals surface area (Å²) >= 11 is 0. The molecule has 4 saturated heterocycles. The van der Waals surface area contributed by atoms with E-state index in [0.29, 0.717) is 77.0 Å². The molecule has 2 unspecified atom stereocenters. The summed E-state index contributed by atoms with van der Waals surface area (Å²) in [6.07, 6.45) is 4.87. The van der Waals surface area contributed by atoms with E-state index < -0.39 is 102 Å². The minimum absolute atomic E-state index is 0.0918. The van der Waals surface area contributed by atoms with Crippen LogP contribution in [0.4, 0.5) is 0 Å². The van der Waals surface area contributed by atoms with E-state index in [1.165, 1.54) is 0 Å². The van der Waals surface area contributed by atoms with Crippen molar-refractivity contribution in [3.05, 3.63) is 24.3 Å². The molecule has 6 rings (SSSR count). The Kier molecular flexibility index (Phi) is 14.1. The number of cyclic esters (lactones) is 2. The van der Waals surface area contributed by atoms with E-state index in [1.54, 1.807) is 27.7 Å². The van der Waals surface area contributed by atoms with Crippen molar-refractivity contribution in [2.24, 2.45) is 22.7 Å². The number of Topliss-reactive ketones (excluding diaryl/α,β-unsaturated/α-hetero) is 2. The predicted octanol–water partition coefficient (Wildman–Crippen LogP) is 6.09. The first-order chi connectivity index (χ1) is 27.8. The molecule has 6 aliphatic rings. The van der Waals surface area contributed by atoms with Crippen molar-refractivity contribution >= 4 is 30.5 Å². The Morgan fingerprint density at radius 1 is 0.610 bits per heavy atom. The minimum Gasteiger partial charge on any atom is -0.504 e. The lowest BCUT2D eigenvalue weighted by Gasteiger charge is -2.51. The number of ether oxygens (including phenoxy) is 4. The van der Waals surface area contributed by atoms with E-state index in [1.807, 2.05) is 52.0 Å². The van der Waals surface area contributed by atoms with Gasteiger partial charge in [-0.05, 0) is 64.2 Å². The fraction of sp³-hybridized carbons (Fsp3) is 0.818. The van der Waals surface area contributed by atoms with Gasteiger partial charge in [-0.1, -0.05) is 79.7 Å². The SMILES string of the molecule is CC[C@H]1C/C=C\CC[C@H](O)CC(=O)C(C)(C)[C@@H]2CC[C@@H](C)[C@]3(O2)O[B-]24OC(C(=O)O1)[C@@]1(O[C@@H](CC[C@H]1C)C(C)(C)C(=O)C[C@@H](O)CC/C=C\C[C@H](CC)OC(=O)C3O2)O4. The number of hydrogen-bond donors (Lipinski definition) is 2. The number of hydrogen-bond acceptors (Lipinski definition) is 14. The van der Waals surface area contributed by atoms with Gasteiger partial charge in [0.15, 0.2) is 23.8 Å². The predicted molar refractivity (Wildman–Crippen MR) is 215 cm³/mol. The molecule has 332 valence electrons. The highest BCUT2D eigenvalue weighted by atomic mass is 17.0. The summed E-state index contributed by atoms with van der Waals surface area (Å²) in [4.78, 5) is 57.3. The Balaban J connectivity index is 1.50. The summed E-state index contributed by atoms with van der Waals surface area (Å²) in [6, 6.07) is 0. The van der Waals surface area contributed by atoms with Crippen LogP contribution in [-0.4, -0.2) is 101 Å². The maximum absolute atomic E-state index is 14.6. The molecule has 0 radical (unpaired) electrons. The molecule has 6 heterocycles. The number of allylic oxidation sites excluding steroid dienone is 2. The Morgan fingerprint density at radius 3 is 1.37 bits per heavy atom. The number of esters is 2. The number of carbonyl (C=O) groups excluding carboxylic acids is 4. The number of aliphatic hydroxyl groups excluding tert-OH is 2. The second-order valence-corrected chi connectivity index (χ2v) is 19.0. The molecule has 14 nitrogen and oxygen atoms in total. The molecular weight excluding hydrogens is 763 g/mol. The van der Waals surface area contributed by atoms with Crippen LogP contribution in [0.3, 0.4) is 0 Å². The standard InChI is InChI=1S/C44H68BO14/c1-9-31-19-15-11-13-17-29(46)25-33(48)42(7,8)36-24-22-28(4)44(55-36)38-40(51)53-32(10-2)20-16-12-14-18-30(47)26-34(49)41(5,6)35-23-21-27(3)43(54-35)37(39(50)52-31)56-45(57-38,58-43)59-44/h11-12,15-16,27-32,35-38,46-47H,9-10,13-14,17-26H2,1-8H3/q-1/b15-11-,16-12-/t27-,28-,29+,30+,31+,32+,35+,36+,37?,38?,43+,44+,45?/m1/s1. The zero-order valence-electron chi connectivity index (χ0n) is 36.4. The van der Waals surface area contributed by atoms with E-state index in [2.05, 4.69) is 0 Å². The first-order valence-corrected chi connectivity index (χ1v) is 22.2. The Labute approximate surface area is 349 Å². The van der Waals surface area contributed by atoms with Crippen LogP contribution in [0.5, 0.6) is 0 Å². The molecule has 3 spiro atoms. The van der Waals surface area contributed by atoms with Gasteiger partial charge in [0.1, 0.15) is 23.8 Å². The van der Waals surface area contributed by atoms with Gasteiger partial charge < -0.3 is 47.8 Å². The molecule has 0 amide bonds. The van der Waals surface area contributed by atoms with Crippen LogP contribution in [0.2, 0.25) is 0 Å². The summed E-state index contributed by atoms with van der Waals surface area (Å²) < 4.78 is 53.1. The van der Waals surface area contributed by atoms with Gasteiger partial charge in [0.25, 0.3) is 0 Å². The van der Waals surface area contributed by atoms with Gasteiger partial charge in [0.2, 0.25) is 0 Å². The molecule has 0 aliphatic carbocycles. The van der Waals surface area contributed by atoms with Crippen molar-refractivity contribution in [3.8, 4) is 0 Å². The molecule has 0 saturated carbocycles. The van der Waals surface area contributed by atoms with Gasteiger partial charge in [0.05, 0.1) is 24.4 Å². The minimum atomic E-state index is -3.52. The third-order valence-corrected chi connectivity index (χ3v) is 14.0. The van der Waals surface area contributed by atoms with Gasteiger partial charge in [-0.2, -0.15) is 0 Å². The average molecular weight is 832 g/mol. The first-order valence-electron chi connectivity index (χ1n) is 22.2. The zero-order valence-corrected chi connectivity index (χ0v) is 36.4. The third kappa shape index (κ3) is 9.19. The fourth-order valence-corrected chi connectivity index (χ4v) is 9.52. The first kappa shape index (κ1) is 46.0. The Morgan fingerprint density at radius 2 is 1.00 bits per heavy atom. The molecule has 6 aliphatic heterocycles. The van der Waals surface area contributed by atoms with Crippen LogP contribution in [0.1, 0.15) is 145 Å². The van der Waals surface area contributed by atoms with Crippen LogP contribution in [0.25, 0.3) is 0 Å². The van der Waals surface area contributed by atoms with Crippen molar-refractivity contribution in [3.63, 3.8) is 0 Å². The van der Waals surface area contributed by atoms with Gasteiger partial charge in [0, 0.05) is 48.3 Å².